The molecule has 0 atom stereocenters. The van der Waals surface area contributed by atoms with Gasteiger partial charge in [0.05, 0.1) is 5.75 Å². The lowest BCUT2D eigenvalue weighted by Gasteiger charge is -2.32. The van der Waals surface area contributed by atoms with E-state index in [0.717, 1.165) is 40.4 Å². The zero-order valence-corrected chi connectivity index (χ0v) is 18.1. The van der Waals surface area contributed by atoms with Gasteiger partial charge in [-0.3, -0.25) is 14.8 Å². The topological polar surface area (TPSA) is 118 Å². The number of carbonyl (C=O) groups is 1. The van der Waals surface area contributed by atoms with E-state index in [2.05, 4.69) is 21.4 Å². The van der Waals surface area contributed by atoms with Crippen LogP contribution in [0.4, 0.5) is 5.69 Å². The Bertz CT molecular complexity index is 1200. The van der Waals surface area contributed by atoms with Gasteiger partial charge in [-0.2, -0.15) is 0 Å². The summed E-state index contributed by atoms with van der Waals surface area (Å²) in [5.41, 5.74) is 8.28. The molecule has 0 unspecified atom stereocenters. The minimum atomic E-state index is -3.15. The zero-order valence-electron chi connectivity index (χ0n) is 17.3. The molecule has 162 valence electrons. The van der Waals surface area contributed by atoms with Crippen LogP contribution in [0.5, 0.6) is 0 Å². The lowest BCUT2D eigenvalue weighted by atomic mass is 10.00. The summed E-state index contributed by atoms with van der Waals surface area (Å²) in [7, 11) is -3.15. The van der Waals surface area contributed by atoms with Crippen LogP contribution in [0, 0.1) is 0 Å². The summed E-state index contributed by atoms with van der Waals surface area (Å²) in [6.45, 7) is 2.71. The lowest BCUT2D eigenvalue weighted by Crippen LogP contribution is -2.42. The molecule has 1 fully saturated rings. The van der Waals surface area contributed by atoms with E-state index in [9.17, 15) is 13.2 Å². The van der Waals surface area contributed by atoms with Crippen molar-refractivity contribution in [1.29, 1.82) is 0 Å². The van der Waals surface area contributed by atoms with Crippen LogP contribution in [0.25, 0.3) is 21.9 Å². The lowest BCUT2D eigenvalue weighted by molar-refractivity contribution is 0.0995. The van der Waals surface area contributed by atoms with Crippen LogP contribution in [-0.2, 0) is 10.0 Å². The van der Waals surface area contributed by atoms with Crippen molar-refractivity contribution in [1.82, 2.24) is 14.3 Å². The molecule has 3 N–H and O–H groups in total. The van der Waals surface area contributed by atoms with Gasteiger partial charge >= 0.3 is 0 Å². The highest BCUT2D eigenvalue weighted by Crippen LogP contribution is 2.32. The first-order chi connectivity index (χ1) is 14.9. The Morgan fingerprint density at radius 2 is 1.94 bits per heavy atom. The van der Waals surface area contributed by atoms with E-state index in [4.69, 9.17) is 5.73 Å². The number of piperidine rings is 1. The molecule has 0 saturated carbocycles. The van der Waals surface area contributed by atoms with E-state index in [1.165, 1.54) is 0 Å². The number of sulfonamides is 1. The van der Waals surface area contributed by atoms with Gasteiger partial charge < -0.3 is 11.1 Å². The average Bonchev–Trinajstić information content (AvgIpc) is 2.79. The fourth-order valence-electron chi connectivity index (χ4n) is 3.88. The quantitative estimate of drug-likeness (QED) is 0.609. The van der Waals surface area contributed by atoms with Crippen molar-refractivity contribution in [2.45, 2.75) is 25.8 Å². The number of pyridine rings is 2. The molecule has 1 aliphatic heterocycles. The second kappa shape index (κ2) is 8.60. The number of hydrogen-bond donors (Lipinski definition) is 2. The SMILES string of the molecule is CCS(=O)(=O)N1CCC(Nc2cc(-c3ccc(C(N)=O)nc3)cc3ccncc23)CC1. The molecule has 0 bridgehead atoms. The van der Waals surface area contributed by atoms with Crippen molar-refractivity contribution in [3.63, 3.8) is 0 Å². The number of fused-ring (bicyclic) bond motifs is 1. The number of rotatable bonds is 6. The molecule has 3 heterocycles. The fourth-order valence-corrected chi connectivity index (χ4v) is 5.01. The van der Waals surface area contributed by atoms with Crippen LogP contribution in [-0.4, -0.2) is 53.5 Å². The van der Waals surface area contributed by atoms with Crippen LogP contribution < -0.4 is 11.1 Å². The van der Waals surface area contributed by atoms with Crippen molar-refractivity contribution in [3.05, 3.63) is 54.6 Å². The summed E-state index contributed by atoms with van der Waals surface area (Å²) in [6, 6.07) is 9.65. The normalized spacial score (nSPS) is 15.8. The van der Waals surface area contributed by atoms with Crippen LogP contribution in [0.15, 0.2) is 48.9 Å². The molecule has 1 amide bonds. The average molecular weight is 440 g/mol. The number of carbonyl (C=O) groups excluding carboxylic acids is 1. The highest BCUT2D eigenvalue weighted by Gasteiger charge is 2.26. The van der Waals surface area contributed by atoms with Crippen molar-refractivity contribution < 1.29 is 13.2 Å². The second-order valence-corrected chi connectivity index (χ2v) is 9.89. The van der Waals surface area contributed by atoms with Gasteiger partial charge in [0.15, 0.2) is 0 Å². The van der Waals surface area contributed by atoms with Gasteiger partial charge in [-0.25, -0.2) is 12.7 Å². The summed E-state index contributed by atoms with van der Waals surface area (Å²) in [5, 5.41) is 5.62. The monoisotopic (exact) mass is 439 g/mol. The molecule has 3 aromatic rings. The fraction of sp³-hybridized carbons (Fsp3) is 0.318. The maximum Gasteiger partial charge on any atom is 0.267 e. The Hall–Kier alpha value is -3.04. The highest BCUT2D eigenvalue weighted by atomic mass is 32.2. The number of anilines is 1. The van der Waals surface area contributed by atoms with E-state index in [1.54, 1.807) is 29.7 Å². The molecule has 1 aliphatic rings. The second-order valence-electron chi connectivity index (χ2n) is 7.64. The molecular weight excluding hydrogens is 414 g/mol. The first-order valence-electron chi connectivity index (χ1n) is 10.3. The van der Waals surface area contributed by atoms with Crippen LogP contribution >= 0.6 is 0 Å². The van der Waals surface area contributed by atoms with Crippen molar-refractivity contribution >= 4 is 32.4 Å². The van der Waals surface area contributed by atoms with E-state index < -0.39 is 15.9 Å². The van der Waals surface area contributed by atoms with Crippen molar-refractivity contribution in [2.75, 3.05) is 24.2 Å². The Morgan fingerprint density at radius 1 is 1.16 bits per heavy atom. The molecule has 31 heavy (non-hydrogen) atoms. The molecule has 0 radical (unpaired) electrons. The van der Waals surface area contributed by atoms with Gasteiger partial charge in [-0.05, 0) is 55.0 Å². The number of nitrogens with two attached hydrogens (primary N) is 1. The van der Waals surface area contributed by atoms with Gasteiger partial charge in [0, 0.05) is 54.4 Å². The third-order valence-corrected chi connectivity index (χ3v) is 7.56. The molecule has 4 rings (SSSR count). The van der Waals surface area contributed by atoms with Crippen molar-refractivity contribution in [2.24, 2.45) is 5.73 Å². The smallest absolute Gasteiger partial charge is 0.267 e. The number of aromatic nitrogens is 2. The molecule has 9 heteroatoms. The highest BCUT2D eigenvalue weighted by molar-refractivity contribution is 7.89. The first-order valence-corrected chi connectivity index (χ1v) is 11.9. The predicted octanol–water partition coefficient (Wildman–Crippen LogP) is 2.62. The number of nitrogens with one attached hydrogen (secondary N) is 1. The van der Waals surface area contributed by atoms with Gasteiger partial charge in [-0.15, -0.1) is 0 Å². The molecule has 2 aromatic heterocycles. The Kier molecular flexibility index (Phi) is 5.88. The minimum Gasteiger partial charge on any atom is -0.382 e. The summed E-state index contributed by atoms with van der Waals surface area (Å²) in [6.07, 6.45) is 6.69. The molecule has 1 aromatic carbocycles. The number of amides is 1. The predicted molar refractivity (Wildman–Crippen MR) is 121 cm³/mol. The van der Waals surface area contributed by atoms with Crippen molar-refractivity contribution in [3.8, 4) is 11.1 Å². The Balaban J connectivity index is 1.61. The summed E-state index contributed by atoms with van der Waals surface area (Å²) in [5.74, 6) is -0.429. The van der Waals surface area contributed by atoms with Gasteiger partial charge in [0.1, 0.15) is 5.69 Å². The maximum atomic E-state index is 12.1. The van der Waals surface area contributed by atoms with Gasteiger partial charge in [0.25, 0.3) is 5.91 Å². The molecule has 0 spiro atoms. The maximum absolute atomic E-state index is 12.1. The molecule has 8 nitrogen and oxygen atoms in total. The van der Waals surface area contributed by atoms with E-state index in [1.807, 2.05) is 24.4 Å². The van der Waals surface area contributed by atoms with E-state index >= 15 is 0 Å². The summed E-state index contributed by atoms with van der Waals surface area (Å²) < 4.78 is 25.8. The Labute approximate surface area is 181 Å². The third kappa shape index (κ3) is 4.52. The molecule has 1 saturated heterocycles. The number of benzene rings is 1. The van der Waals surface area contributed by atoms with Crippen LogP contribution in [0.2, 0.25) is 0 Å². The summed E-state index contributed by atoms with van der Waals surface area (Å²) >= 11 is 0. The largest absolute Gasteiger partial charge is 0.382 e. The van der Waals surface area contributed by atoms with Crippen LogP contribution in [0.3, 0.4) is 0 Å². The third-order valence-electron chi connectivity index (χ3n) is 5.68. The van der Waals surface area contributed by atoms with Gasteiger partial charge in [-0.1, -0.05) is 6.07 Å². The molecular formula is C22H25N5O3S. The number of nitrogens with zero attached hydrogens (tertiary/aromatic N) is 3. The molecule has 0 aliphatic carbocycles. The zero-order chi connectivity index (χ0) is 22.0. The summed E-state index contributed by atoms with van der Waals surface area (Å²) in [4.78, 5) is 19.7. The number of primary amides is 1. The minimum absolute atomic E-state index is 0.131. The van der Waals surface area contributed by atoms with E-state index in [0.29, 0.717) is 13.1 Å². The first kappa shape index (κ1) is 21.2. The Morgan fingerprint density at radius 3 is 2.58 bits per heavy atom. The number of hydrogen-bond acceptors (Lipinski definition) is 6. The van der Waals surface area contributed by atoms with Gasteiger partial charge in [0.2, 0.25) is 10.0 Å². The van der Waals surface area contributed by atoms with E-state index in [-0.39, 0.29) is 17.5 Å². The standard InChI is InChI=1S/C22H25N5O3S/c1-2-31(29,30)27-9-6-18(7-10-27)26-21-12-17(11-15-5-8-24-14-19(15)21)16-3-4-20(22(23)28)25-13-16/h3-5,8,11-14,18,26H,2,6-7,9-10H2,1H3,(H2,23,28). The van der Waals surface area contributed by atoms with Crippen LogP contribution in [0.1, 0.15) is 30.3 Å².